The minimum atomic E-state index is -0.144. The van der Waals surface area contributed by atoms with Gasteiger partial charge in [-0.25, -0.2) is 0 Å². The van der Waals surface area contributed by atoms with Crippen molar-refractivity contribution in [2.75, 3.05) is 0 Å². The van der Waals surface area contributed by atoms with Crippen LogP contribution in [-0.4, -0.2) is 0 Å². The molecule has 3 heteroatoms. The maximum atomic E-state index is 6.24. The third kappa shape index (κ3) is 2.88. The van der Waals surface area contributed by atoms with E-state index in [2.05, 4.69) is 37.5 Å². The number of hydrazine groups is 1. The molecule has 0 saturated carbocycles. The van der Waals surface area contributed by atoms with E-state index in [0.717, 1.165) is 16.1 Å². The molecule has 0 saturated heterocycles. The Morgan fingerprint density at radius 1 is 1.10 bits per heavy atom. The number of benzene rings is 2. The van der Waals surface area contributed by atoms with Gasteiger partial charge in [0.25, 0.3) is 0 Å². The topological polar surface area (TPSA) is 38.0 Å². The molecule has 106 valence electrons. The highest BCUT2D eigenvalue weighted by Crippen LogP contribution is 2.37. The van der Waals surface area contributed by atoms with Gasteiger partial charge in [0.2, 0.25) is 0 Å². The van der Waals surface area contributed by atoms with Gasteiger partial charge in [-0.15, -0.1) is 0 Å². The molecule has 0 aliphatic heterocycles. The molecule has 0 aliphatic carbocycles. The lowest BCUT2D eigenvalue weighted by Crippen LogP contribution is -2.41. The van der Waals surface area contributed by atoms with Crippen molar-refractivity contribution in [3.63, 3.8) is 0 Å². The fourth-order valence-corrected chi connectivity index (χ4v) is 2.73. The summed E-state index contributed by atoms with van der Waals surface area (Å²) in [4.78, 5) is 0. The first kappa shape index (κ1) is 15.0. The average Bonchev–Trinajstić information content (AvgIpc) is 2.44. The summed E-state index contributed by atoms with van der Waals surface area (Å²) < 4.78 is 0. The summed E-state index contributed by atoms with van der Waals surface area (Å²) in [6, 6.07) is 16.5. The van der Waals surface area contributed by atoms with Crippen LogP contribution in [0, 0.1) is 6.92 Å². The van der Waals surface area contributed by atoms with Crippen molar-refractivity contribution in [3.8, 4) is 0 Å². The molecule has 2 aromatic rings. The van der Waals surface area contributed by atoms with Gasteiger partial charge in [-0.2, -0.15) is 0 Å². The molecule has 1 unspecified atom stereocenters. The normalized spacial score (nSPS) is 13.2. The molecule has 0 aliphatic rings. The van der Waals surface area contributed by atoms with E-state index < -0.39 is 0 Å². The fraction of sp³-hybridized carbons (Fsp3) is 0.294. The Labute approximate surface area is 125 Å². The lowest BCUT2D eigenvalue weighted by atomic mass is 9.75. The molecule has 2 rings (SSSR count). The van der Waals surface area contributed by atoms with Gasteiger partial charge in [-0.3, -0.25) is 11.3 Å². The monoisotopic (exact) mass is 288 g/mol. The van der Waals surface area contributed by atoms with Crippen molar-refractivity contribution < 1.29 is 0 Å². The van der Waals surface area contributed by atoms with Gasteiger partial charge in [-0.05, 0) is 29.7 Å². The smallest absolute Gasteiger partial charge is 0.0551 e. The largest absolute Gasteiger partial charge is 0.271 e. The van der Waals surface area contributed by atoms with E-state index in [9.17, 15) is 0 Å². The number of nitrogens with one attached hydrogen (secondary N) is 1. The van der Waals surface area contributed by atoms with Crippen LogP contribution in [0.1, 0.15) is 36.6 Å². The molecular weight excluding hydrogens is 268 g/mol. The van der Waals surface area contributed by atoms with E-state index in [1.54, 1.807) is 0 Å². The van der Waals surface area contributed by atoms with Crippen LogP contribution in [0.5, 0.6) is 0 Å². The number of halogens is 1. The Morgan fingerprint density at radius 3 is 2.30 bits per heavy atom. The minimum Gasteiger partial charge on any atom is -0.271 e. The lowest BCUT2D eigenvalue weighted by Gasteiger charge is -2.35. The molecular formula is C17H21ClN2. The zero-order chi connectivity index (χ0) is 14.8. The average molecular weight is 289 g/mol. The molecule has 3 N–H and O–H groups in total. The highest BCUT2D eigenvalue weighted by atomic mass is 35.5. The van der Waals surface area contributed by atoms with Gasteiger partial charge < -0.3 is 0 Å². The predicted octanol–water partition coefficient (Wildman–Crippen LogP) is 4.13. The van der Waals surface area contributed by atoms with E-state index in [1.807, 2.05) is 37.3 Å². The second kappa shape index (κ2) is 5.96. The number of hydrogen-bond acceptors (Lipinski definition) is 2. The molecule has 2 aromatic carbocycles. The molecule has 0 radical (unpaired) electrons. The Balaban J connectivity index is 2.43. The molecule has 0 aromatic heterocycles. The molecule has 0 amide bonds. The van der Waals surface area contributed by atoms with Crippen LogP contribution in [-0.2, 0) is 5.41 Å². The molecule has 2 nitrogen and oxygen atoms in total. The Bertz CT molecular complexity index is 579. The van der Waals surface area contributed by atoms with Crippen molar-refractivity contribution in [2.24, 2.45) is 5.84 Å². The molecule has 0 spiro atoms. The Hall–Kier alpha value is -1.35. The number of aryl methyl sites for hydroxylation is 1. The zero-order valence-electron chi connectivity index (χ0n) is 12.2. The van der Waals surface area contributed by atoms with Crippen molar-refractivity contribution >= 4 is 11.6 Å². The molecule has 0 heterocycles. The van der Waals surface area contributed by atoms with Gasteiger partial charge in [0, 0.05) is 10.4 Å². The maximum Gasteiger partial charge on any atom is 0.0551 e. The van der Waals surface area contributed by atoms with Crippen molar-refractivity contribution in [3.05, 3.63) is 70.2 Å². The molecule has 0 fully saturated rings. The first-order chi connectivity index (χ1) is 9.46. The van der Waals surface area contributed by atoms with Gasteiger partial charge in [-0.1, -0.05) is 67.9 Å². The summed E-state index contributed by atoms with van der Waals surface area (Å²) in [6.07, 6.45) is 0. The van der Waals surface area contributed by atoms with E-state index in [0.29, 0.717) is 0 Å². The van der Waals surface area contributed by atoms with Gasteiger partial charge in [0.1, 0.15) is 0 Å². The van der Waals surface area contributed by atoms with Crippen LogP contribution < -0.4 is 11.3 Å². The summed E-state index contributed by atoms with van der Waals surface area (Å²) in [5, 5.41) is 0.770. The summed E-state index contributed by atoms with van der Waals surface area (Å²) in [5.41, 5.74) is 6.20. The van der Waals surface area contributed by atoms with Gasteiger partial charge in [0.05, 0.1) is 6.04 Å². The van der Waals surface area contributed by atoms with Crippen molar-refractivity contribution in [1.29, 1.82) is 0 Å². The summed E-state index contributed by atoms with van der Waals surface area (Å²) in [6.45, 7) is 6.36. The minimum absolute atomic E-state index is 0.0111. The quantitative estimate of drug-likeness (QED) is 0.656. The third-order valence-electron chi connectivity index (χ3n) is 3.94. The highest BCUT2D eigenvalue weighted by Gasteiger charge is 2.31. The van der Waals surface area contributed by atoms with E-state index in [4.69, 9.17) is 17.4 Å². The molecule has 20 heavy (non-hydrogen) atoms. The lowest BCUT2D eigenvalue weighted by molar-refractivity contribution is 0.353. The summed E-state index contributed by atoms with van der Waals surface area (Å²) in [7, 11) is 0. The van der Waals surface area contributed by atoms with Crippen LogP contribution in [0.4, 0.5) is 0 Å². The fourth-order valence-electron chi connectivity index (χ4n) is 2.54. The Kier molecular flexibility index (Phi) is 4.48. The zero-order valence-corrected chi connectivity index (χ0v) is 12.9. The predicted molar refractivity (Wildman–Crippen MR) is 85.7 cm³/mol. The van der Waals surface area contributed by atoms with Gasteiger partial charge in [0.15, 0.2) is 0 Å². The summed E-state index contributed by atoms with van der Waals surface area (Å²) in [5.74, 6) is 5.82. The second-order valence-corrected chi connectivity index (χ2v) is 6.10. The van der Waals surface area contributed by atoms with Crippen molar-refractivity contribution in [2.45, 2.75) is 32.2 Å². The SMILES string of the molecule is Cc1ccc(C(NN)C(C)(C)c2ccccc2)cc1Cl. The molecule has 1 atom stereocenters. The first-order valence-electron chi connectivity index (χ1n) is 6.74. The molecule has 0 bridgehead atoms. The van der Waals surface area contributed by atoms with Crippen LogP contribution in [0.3, 0.4) is 0 Å². The van der Waals surface area contributed by atoms with Crippen LogP contribution in [0.25, 0.3) is 0 Å². The van der Waals surface area contributed by atoms with E-state index >= 15 is 0 Å². The Morgan fingerprint density at radius 2 is 1.75 bits per heavy atom. The van der Waals surface area contributed by atoms with E-state index in [-0.39, 0.29) is 11.5 Å². The number of nitrogens with two attached hydrogens (primary N) is 1. The highest BCUT2D eigenvalue weighted by molar-refractivity contribution is 6.31. The van der Waals surface area contributed by atoms with Crippen LogP contribution in [0.2, 0.25) is 5.02 Å². The summed E-state index contributed by atoms with van der Waals surface area (Å²) >= 11 is 6.24. The number of rotatable bonds is 4. The first-order valence-corrected chi connectivity index (χ1v) is 7.12. The van der Waals surface area contributed by atoms with Gasteiger partial charge >= 0.3 is 0 Å². The van der Waals surface area contributed by atoms with Crippen LogP contribution >= 0.6 is 11.6 Å². The second-order valence-electron chi connectivity index (χ2n) is 5.70. The van der Waals surface area contributed by atoms with E-state index in [1.165, 1.54) is 5.56 Å². The third-order valence-corrected chi connectivity index (χ3v) is 4.34. The van der Waals surface area contributed by atoms with Crippen molar-refractivity contribution in [1.82, 2.24) is 5.43 Å². The standard InChI is InChI=1S/C17H21ClN2/c1-12-9-10-13(11-15(12)18)16(20-19)17(2,3)14-7-5-4-6-8-14/h4-11,16,20H,19H2,1-3H3. The number of hydrogen-bond donors (Lipinski definition) is 2. The van der Waals surface area contributed by atoms with Crippen LogP contribution in [0.15, 0.2) is 48.5 Å². The maximum absolute atomic E-state index is 6.24.